The molecule has 0 fully saturated rings. The van der Waals surface area contributed by atoms with Crippen LogP contribution in [0.1, 0.15) is 47.7 Å². The Hall–Kier alpha value is -1.55. The molecule has 0 aliphatic carbocycles. The molecule has 0 spiro atoms. The maximum Gasteiger partial charge on any atom is 0.305 e. The zero-order chi connectivity index (χ0) is 16.0. The number of carbonyl (C=O) groups is 2. The highest BCUT2D eigenvalue weighted by atomic mass is 35.5. The highest BCUT2D eigenvalue weighted by Gasteiger charge is 2.21. The number of ketones is 1. The van der Waals surface area contributed by atoms with Crippen LogP contribution in [0.4, 0.5) is 0 Å². The summed E-state index contributed by atoms with van der Waals surface area (Å²) in [7, 11) is 1.30. The van der Waals surface area contributed by atoms with Gasteiger partial charge in [0.1, 0.15) is 5.75 Å². The van der Waals surface area contributed by atoms with Crippen LogP contribution in [-0.2, 0) is 9.53 Å². The molecule has 1 aromatic rings. The van der Waals surface area contributed by atoms with Crippen LogP contribution in [0.25, 0.3) is 0 Å². The number of carbonyl (C=O) groups excluding carboxylic acids is 2. The van der Waals surface area contributed by atoms with Gasteiger partial charge in [0.15, 0.2) is 5.78 Å². The quantitative estimate of drug-likeness (QED) is 0.566. The molecule has 0 saturated carbocycles. The first-order valence-electron chi connectivity index (χ1n) is 6.94. The van der Waals surface area contributed by atoms with E-state index >= 15 is 0 Å². The van der Waals surface area contributed by atoms with Crippen LogP contribution in [0.5, 0.6) is 5.75 Å². The minimum Gasteiger partial charge on any atom is -0.493 e. The molecule has 0 N–H and O–H groups in total. The molecule has 5 heteroatoms. The van der Waals surface area contributed by atoms with E-state index in [9.17, 15) is 9.59 Å². The van der Waals surface area contributed by atoms with Gasteiger partial charge in [0, 0.05) is 11.4 Å². The van der Waals surface area contributed by atoms with Crippen LogP contribution in [0.15, 0.2) is 6.07 Å². The lowest BCUT2D eigenvalue weighted by Gasteiger charge is -2.16. The molecule has 0 saturated heterocycles. The lowest BCUT2D eigenvalue weighted by molar-refractivity contribution is -0.140. The van der Waals surface area contributed by atoms with E-state index in [1.807, 2.05) is 13.8 Å². The van der Waals surface area contributed by atoms with Gasteiger partial charge in [-0.1, -0.05) is 18.5 Å². The summed E-state index contributed by atoms with van der Waals surface area (Å²) in [5, 5.41) is 0.526. The SMILES string of the molecule is CCCOc1c(C)cc(Cl)c(C)c1C(=O)CCC(=O)OC. The van der Waals surface area contributed by atoms with Crippen molar-refractivity contribution in [1.29, 1.82) is 0 Å². The molecule has 0 aromatic heterocycles. The fourth-order valence-electron chi connectivity index (χ4n) is 2.02. The van der Waals surface area contributed by atoms with Gasteiger partial charge in [0.25, 0.3) is 0 Å². The zero-order valence-electron chi connectivity index (χ0n) is 12.9. The van der Waals surface area contributed by atoms with E-state index in [2.05, 4.69) is 4.74 Å². The van der Waals surface area contributed by atoms with Crippen LogP contribution >= 0.6 is 11.6 Å². The van der Waals surface area contributed by atoms with Crippen LogP contribution in [-0.4, -0.2) is 25.5 Å². The second-order valence-electron chi connectivity index (χ2n) is 4.85. The summed E-state index contributed by atoms with van der Waals surface area (Å²) < 4.78 is 10.3. The van der Waals surface area contributed by atoms with E-state index in [4.69, 9.17) is 16.3 Å². The van der Waals surface area contributed by atoms with Crippen molar-refractivity contribution in [2.24, 2.45) is 0 Å². The lowest BCUT2D eigenvalue weighted by Crippen LogP contribution is -2.11. The van der Waals surface area contributed by atoms with Gasteiger partial charge in [-0.2, -0.15) is 0 Å². The maximum atomic E-state index is 12.4. The summed E-state index contributed by atoms with van der Waals surface area (Å²) in [5.74, 6) is -0.000927. The molecule has 0 radical (unpaired) electrons. The molecule has 0 heterocycles. The molecule has 0 atom stereocenters. The number of halogens is 1. The van der Waals surface area contributed by atoms with Crippen molar-refractivity contribution >= 4 is 23.4 Å². The summed E-state index contributed by atoms with van der Waals surface area (Å²) >= 11 is 6.16. The number of hydrogen-bond donors (Lipinski definition) is 0. The first kappa shape index (κ1) is 17.5. The average molecular weight is 313 g/mol. The van der Waals surface area contributed by atoms with Crippen LogP contribution in [0, 0.1) is 13.8 Å². The predicted octanol–water partition coefficient (Wildman–Crippen LogP) is 3.88. The van der Waals surface area contributed by atoms with Gasteiger partial charge < -0.3 is 9.47 Å². The van der Waals surface area contributed by atoms with Gasteiger partial charge in [-0.15, -0.1) is 0 Å². The van der Waals surface area contributed by atoms with Gasteiger partial charge >= 0.3 is 5.97 Å². The smallest absolute Gasteiger partial charge is 0.305 e. The number of methoxy groups -OCH3 is 1. The number of aryl methyl sites for hydroxylation is 1. The second-order valence-corrected chi connectivity index (χ2v) is 5.26. The van der Waals surface area contributed by atoms with E-state index in [-0.39, 0.29) is 18.6 Å². The van der Waals surface area contributed by atoms with Crippen LogP contribution < -0.4 is 4.74 Å². The summed E-state index contributed by atoms with van der Waals surface area (Å²) in [6, 6.07) is 1.79. The molecule has 0 bridgehead atoms. The average Bonchev–Trinajstić information content (AvgIpc) is 2.46. The van der Waals surface area contributed by atoms with E-state index in [1.54, 1.807) is 13.0 Å². The van der Waals surface area contributed by atoms with E-state index in [0.29, 0.717) is 28.5 Å². The molecule has 0 unspecified atom stereocenters. The summed E-state index contributed by atoms with van der Waals surface area (Å²) in [6.07, 6.45) is 0.972. The fourth-order valence-corrected chi connectivity index (χ4v) is 2.28. The molecule has 1 aromatic carbocycles. The van der Waals surface area contributed by atoms with Crippen molar-refractivity contribution in [2.75, 3.05) is 13.7 Å². The highest BCUT2D eigenvalue weighted by molar-refractivity contribution is 6.32. The Morgan fingerprint density at radius 1 is 1.24 bits per heavy atom. The second kappa shape index (κ2) is 8.03. The molecule has 1 rings (SSSR count). The fraction of sp³-hybridized carbons (Fsp3) is 0.500. The Labute approximate surface area is 130 Å². The Bertz CT molecular complexity index is 538. The van der Waals surface area contributed by atoms with E-state index in [0.717, 1.165) is 12.0 Å². The number of Topliss-reactive ketones (excluding diaryl/α,β-unsaturated/α-hetero) is 1. The van der Waals surface area contributed by atoms with Gasteiger partial charge in [0.2, 0.25) is 0 Å². The highest BCUT2D eigenvalue weighted by Crippen LogP contribution is 2.33. The first-order valence-corrected chi connectivity index (χ1v) is 7.32. The third-order valence-corrected chi connectivity index (χ3v) is 3.57. The van der Waals surface area contributed by atoms with Crippen molar-refractivity contribution < 1.29 is 19.1 Å². The van der Waals surface area contributed by atoms with Gasteiger partial charge in [0.05, 0.1) is 25.7 Å². The van der Waals surface area contributed by atoms with Crippen molar-refractivity contribution in [1.82, 2.24) is 0 Å². The largest absolute Gasteiger partial charge is 0.493 e. The summed E-state index contributed by atoms with van der Waals surface area (Å²) in [6.45, 7) is 6.16. The van der Waals surface area contributed by atoms with Crippen molar-refractivity contribution in [3.05, 3.63) is 27.8 Å². The monoisotopic (exact) mass is 312 g/mol. The minimum atomic E-state index is -0.407. The van der Waals surface area contributed by atoms with Gasteiger partial charge in [-0.25, -0.2) is 0 Å². The van der Waals surface area contributed by atoms with Crippen molar-refractivity contribution in [3.63, 3.8) is 0 Å². The standard InChI is InChI=1S/C16H21ClO4/c1-5-8-21-16-10(2)9-12(17)11(3)15(16)13(18)6-7-14(19)20-4/h9H,5-8H2,1-4H3. The van der Waals surface area contributed by atoms with E-state index in [1.165, 1.54) is 7.11 Å². The Morgan fingerprint density at radius 2 is 1.90 bits per heavy atom. The predicted molar refractivity (Wildman–Crippen MR) is 82.3 cm³/mol. The molecule has 0 aliphatic rings. The number of esters is 1. The Kier molecular flexibility index (Phi) is 6.69. The normalized spacial score (nSPS) is 10.3. The summed E-state index contributed by atoms with van der Waals surface area (Å²) in [5.41, 5.74) is 1.97. The minimum absolute atomic E-state index is 0.0492. The first-order chi connectivity index (χ1) is 9.92. The number of ether oxygens (including phenoxy) is 2. The van der Waals surface area contributed by atoms with Crippen LogP contribution in [0.3, 0.4) is 0 Å². The van der Waals surface area contributed by atoms with Gasteiger partial charge in [-0.05, 0) is 37.5 Å². The van der Waals surface area contributed by atoms with Gasteiger partial charge in [-0.3, -0.25) is 9.59 Å². The van der Waals surface area contributed by atoms with E-state index < -0.39 is 5.97 Å². The summed E-state index contributed by atoms with van der Waals surface area (Å²) in [4.78, 5) is 23.6. The molecular formula is C16H21ClO4. The lowest BCUT2D eigenvalue weighted by atomic mass is 9.97. The number of rotatable bonds is 7. The molecule has 0 amide bonds. The third-order valence-electron chi connectivity index (χ3n) is 3.17. The molecular weight excluding hydrogens is 292 g/mol. The number of hydrogen-bond acceptors (Lipinski definition) is 4. The molecule has 4 nitrogen and oxygen atoms in total. The maximum absolute atomic E-state index is 12.4. The number of benzene rings is 1. The zero-order valence-corrected chi connectivity index (χ0v) is 13.7. The van der Waals surface area contributed by atoms with Crippen LogP contribution in [0.2, 0.25) is 5.02 Å². The third kappa shape index (κ3) is 4.46. The van der Waals surface area contributed by atoms with Crippen molar-refractivity contribution in [3.8, 4) is 5.75 Å². The van der Waals surface area contributed by atoms with Crippen molar-refractivity contribution in [2.45, 2.75) is 40.0 Å². The Morgan fingerprint density at radius 3 is 2.48 bits per heavy atom. The molecule has 116 valence electrons. The topological polar surface area (TPSA) is 52.6 Å². The molecule has 21 heavy (non-hydrogen) atoms. The Balaban J connectivity index is 3.12. The molecule has 0 aliphatic heterocycles.